The summed E-state index contributed by atoms with van der Waals surface area (Å²) in [5.74, 6) is 0. The summed E-state index contributed by atoms with van der Waals surface area (Å²) >= 11 is 0. The van der Waals surface area contributed by atoms with Crippen molar-refractivity contribution in [2.45, 2.75) is 52.4 Å². The predicted molar refractivity (Wildman–Crippen MR) is 76.7 cm³/mol. The predicted octanol–water partition coefficient (Wildman–Crippen LogP) is 3.83. The molecule has 0 amide bonds. The third-order valence-corrected chi connectivity index (χ3v) is 3.33. The summed E-state index contributed by atoms with van der Waals surface area (Å²) in [5, 5.41) is 3.20. The second kappa shape index (κ2) is 6.20. The summed E-state index contributed by atoms with van der Waals surface area (Å²) in [4.78, 5) is 0. The van der Waals surface area contributed by atoms with Gasteiger partial charge in [-0.2, -0.15) is 0 Å². The van der Waals surface area contributed by atoms with Crippen molar-refractivity contribution in [2.24, 2.45) is 0 Å². The maximum atomic E-state index is 3.20. The minimum atomic E-state index is 0.259. The van der Waals surface area contributed by atoms with E-state index in [4.69, 9.17) is 0 Å². The molecule has 1 heteroatoms. The molecule has 0 fully saturated rings. The van der Waals surface area contributed by atoms with Crippen molar-refractivity contribution in [3.8, 4) is 0 Å². The van der Waals surface area contributed by atoms with Gasteiger partial charge in [0.2, 0.25) is 0 Å². The molecule has 0 aromatic heterocycles. The second-order valence-electron chi connectivity index (χ2n) is 5.95. The maximum Gasteiger partial charge on any atom is -0.00518 e. The van der Waals surface area contributed by atoms with Crippen LogP contribution in [0.15, 0.2) is 18.2 Å². The molecule has 1 rings (SSSR count). The molecule has 0 radical (unpaired) electrons. The van der Waals surface area contributed by atoms with Gasteiger partial charge in [-0.25, -0.2) is 0 Å². The molecular weight excluding hydrogens is 206 g/mol. The monoisotopic (exact) mass is 233 g/mol. The lowest BCUT2D eigenvalue weighted by Crippen LogP contribution is -2.11. The number of unbranched alkanes of at least 4 members (excludes halogenated alkanes) is 1. The number of hydrogen-bond donors (Lipinski definition) is 1. The first-order valence-corrected chi connectivity index (χ1v) is 6.70. The van der Waals surface area contributed by atoms with Gasteiger partial charge in [-0.3, -0.25) is 0 Å². The highest BCUT2D eigenvalue weighted by Crippen LogP contribution is 2.24. The number of benzene rings is 1. The van der Waals surface area contributed by atoms with Crippen molar-refractivity contribution < 1.29 is 0 Å². The van der Waals surface area contributed by atoms with Crippen LogP contribution in [0.4, 0.5) is 0 Å². The summed E-state index contributed by atoms with van der Waals surface area (Å²) in [7, 11) is 2.02. The van der Waals surface area contributed by atoms with Crippen LogP contribution >= 0.6 is 0 Å². The first-order valence-electron chi connectivity index (χ1n) is 6.70. The van der Waals surface area contributed by atoms with E-state index in [9.17, 15) is 0 Å². The molecule has 1 aromatic rings. The van der Waals surface area contributed by atoms with E-state index < -0.39 is 0 Å². The van der Waals surface area contributed by atoms with Gasteiger partial charge in [-0.05, 0) is 61.9 Å². The van der Waals surface area contributed by atoms with Gasteiger partial charge in [-0.1, -0.05) is 39.0 Å². The summed E-state index contributed by atoms with van der Waals surface area (Å²) in [6.45, 7) is 10.2. The van der Waals surface area contributed by atoms with Crippen LogP contribution in [0.5, 0.6) is 0 Å². The van der Waals surface area contributed by atoms with Gasteiger partial charge >= 0.3 is 0 Å². The molecule has 17 heavy (non-hydrogen) atoms. The van der Waals surface area contributed by atoms with E-state index >= 15 is 0 Å². The average Bonchev–Trinajstić information content (AvgIpc) is 2.24. The molecule has 0 atom stereocenters. The van der Waals surface area contributed by atoms with Crippen molar-refractivity contribution in [1.82, 2.24) is 5.32 Å². The van der Waals surface area contributed by atoms with Gasteiger partial charge in [0.25, 0.3) is 0 Å². The minimum absolute atomic E-state index is 0.259. The van der Waals surface area contributed by atoms with Gasteiger partial charge in [-0.15, -0.1) is 0 Å². The quantitative estimate of drug-likeness (QED) is 0.762. The Balaban J connectivity index is 2.64. The zero-order valence-electron chi connectivity index (χ0n) is 12.1. The molecule has 0 bridgehead atoms. The summed E-state index contributed by atoms with van der Waals surface area (Å²) in [6.07, 6.45) is 3.74. The molecule has 0 aliphatic heterocycles. The SMILES string of the molecule is CNCCCCc1ccc(C(C)(C)C)cc1C. The highest BCUT2D eigenvalue weighted by atomic mass is 14.8. The highest BCUT2D eigenvalue weighted by Gasteiger charge is 2.14. The Hall–Kier alpha value is -0.820. The molecule has 0 saturated heterocycles. The molecule has 1 N–H and O–H groups in total. The van der Waals surface area contributed by atoms with Crippen molar-refractivity contribution in [3.63, 3.8) is 0 Å². The number of rotatable bonds is 5. The van der Waals surface area contributed by atoms with Gasteiger partial charge in [0.05, 0.1) is 0 Å². The van der Waals surface area contributed by atoms with E-state index in [1.807, 2.05) is 7.05 Å². The van der Waals surface area contributed by atoms with E-state index in [0.29, 0.717) is 0 Å². The Labute approximate surface area is 107 Å². The molecule has 0 saturated carbocycles. The van der Waals surface area contributed by atoms with Gasteiger partial charge in [0.1, 0.15) is 0 Å². The number of hydrogen-bond acceptors (Lipinski definition) is 1. The van der Waals surface area contributed by atoms with Crippen molar-refractivity contribution >= 4 is 0 Å². The van der Waals surface area contributed by atoms with Crippen molar-refractivity contribution in [1.29, 1.82) is 0 Å². The largest absolute Gasteiger partial charge is 0.320 e. The summed E-state index contributed by atoms with van der Waals surface area (Å²) < 4.78 is 0. The normalized spacial score (nSPS) is 11.8. The van der Waals surface area contributed by atoms with E-state index in [1.165, 1.54) is 36.0 Å². The lowest BCUT2D eigenvalue weighted by atomic mass is 9.85. The van der Waals surface area contributed by atoms with Crippen LogP contribution in [-0.4, -0.2) is 13.6 Å². The van der Waals surface area contributed by atoms with Crippen molar-refractivity contribution in [2.75, 3.05) is 13.6 Å². The van der Waals surface area contributed by atoms with Crippen LogP contribution < -0.4 is 5.32 Å². The van der Waals surface area contributed by atoms with Crippen LogP contribution in [-0.2, 0) is 11.8 Å². The smallest absolute Gasteiger partial charge is 0.00518 e. The van der Waals surface area contributed by atoms with E-state index in [1.54, 1.807) is 0 Å². The highest BCUT2D eigenvalue weighted by molar-refractivity contribution is 5.34. The molecule has 0 aliphatic rings. The van der Waals surface area contributed by atoms with Crippen LogP contribution in [0.2, 0.25) is 0 Å². The average molecular weight is 233 g/mol. The van der Waals surface area contributed by atoms with Gasteiger partial charge in [0, 0.05) is 0 Å². The third-order valence-electron chi connectivity index (χ3n) is 3.33. The third kappa shape index (κ3) is 4.51. The number of nitrogens with one attached hydrogen (secondary N) is 1. The molecule has 0 heterocycles. The van der Waals surface area contributed by atoms with Crippen LogP contribution in [0.3, 0.4) is 0 Å². The Morgan fingerprint density at radius 2 is 1.82 bits per heavy atom. The fourth-order valence-electron chi connectivity index (χ4n) is 2.06. The van der Waals surface area contributed by atoms with Crippen LogP contribution in [0.25, 0.3) is 0 Å². The lowest BCUT2D eigenvalue weighted by molar-refractivity contribution is 0.589. The van der Waals surface area contributed by atoms with Gasteiger partial charge < -0.3 is 5.32 Å². The molecular formula is C16H27N. The Morgan fingerprint density at radius 1 is 1.12 bits per heavy atom. The van der Waals surface area contributed by atoms with Crippen LogP contribution in [0.1, 0.15) is 50.3 Å². The fourth-order valence-corrected chi connectivity index (χ4v) is 2.06. The Bertz CT molecular complexity index is 347. The second-order valence-corrected chi connectivity index (χ2v) is 5.95. The lowest BCUT2D eigenvalue weighted by Gasteiger charge is -2.20. The van der Waals surface area contributed by atoms with Crippen LogP contribution in [0, 0.1) is 6.92 Å². The summed E-state index contributed by atoms with van der Waals surface area (Å²) in [6, 6.07) is 6.96. The molecule has 1 aromatic carbocycles. The van der Waals surface area contributed by atoms with E-state index in [-0.39, 0.29) is 5.41 Å². The first-order chi connectivity index (χ1) is 7.95. The van der Waals surface area contributed by atoms with Gasteiger partial charge in [0.15, 0.2) is 0 Å². The zero-order chi connectivity index (χ0) is 12.9. The number of aryl methyl sites for hydroxylation is 2. The molecule has 0 unspecified atom stereocenters. The summed E-state index contributed by atoms with van der Waals surface area (Å²) in [5.41, 5.74) is 4.65. The van der Waals surface area contributed by atoms with E-state index in [2.05, 4.69) is 51.2 Å². The Morgan fingerprint density at radius 3 is 2.35 bits per heavy atom. The minimum Gasteiger partial charge on any atom is -0.320 e. The van der Waals surface area contributed by atoms with Crippen molar-refractivity contribution in [3.05, 3.63) is 34.9 Å². The van der Waals surface area contributed by atoms with E-state index in [0.717, 1.165) is 6.54 Å². The molecule has 0 spiro atoms. The fraction of sp³-hybridized carbons (Fsp3) is 0.625. The molecule has 1 nitrogen and oxygen atoms in total. The standard InChI is InChI=1S/C16H27N/c1-13-12-15(16(2,3)4)10-9-14(13)8-6-7-11-17-5/h9-10,12,17H,6-8,11H2,1-5H3. The zero-order valence-corrected chi connectivity index (χ0v) is 12.1. The Kier molecular flexibility index (Phi) is 5.20. The first kappa shape index (κ1) is 14.2. The molecule has 96 valence electrons. The topological polar surface area (TPSA) is 12.0 Å². The maximum absolute atomic E-state index is 3.20. The molecule has 0 aliphatic carbocycles.